The molecule has 2 aromatic carbocycles. The van der Waals surface area contributed by atoms with E-state index in [0.29, 0.717) is 22.0 Å². The van der Waals surface area contributed by atoms with Gasteiger partial charge in [-0.05, 0) is 42.8 Å². The molecular formula is C18H12Cl2F3NO2. The molecule has 0 aliphatic rings. The molecule has 8 heteroatoms. The average Bonchev–Trinajstić information content (AvgIpc) is 2.93. The van der Waals surface area contributed by atoms with E-state index in [9.17, 15) is 23.1 Å². The zero-order valence-electron chi connectivity index (χ0n) is 13.4. The smallest absolute Gasteiger partial charge is 0.416 e. The van der Waals surface area contributed by atoms with Crippen LogP contribution in [0.4, 0.5) is 13.2 Å². The highest BCUT2D eigenvalue weighted by Gasteiger charge is 2.31. The lowest BCUT2D eigenvalue weighted by molar-refractivity contribution is -0.137. The number of hydrogen-bond acceptors (Lipinski definition) is 1. The normalized spacial score (nSPS) is 11.9. The highest BCUT2D eigenvalue weighted by atomic mass is 35.5. The third kappa shape index (κ3) is 3.27. The van der Waals surface area contributed by atoms with Gasteiger partial charge in [0.25, 0.3) is 0 Å². The molecule has 0 unspecified atom stereocenters. The summed E-state index contributed by atoms with van der Waals surface area (Å²) in [5, 5.41) is 9.91. The van der Waals surface area contributed by atoms with E-state index in [-0.39, 0.29) is 22.2 Å². The highest BCUT2D eigenvalue weighted by Crippen LogP contribution is 2.35. The summed E-state index contributed by atoms with van der Waals surface area (Å²) in [7, 11) is 0. The standard InChI is InChI=1S/C18H12Cl2F3NO2/c1-9-6-11(18(21,22)23)7-10-4-5-24(16(9)10)8-13-14(19)3-2-12(15(13)20)17(25)26/h2-7H,8H2,1H3,(H,25,26). The summed E-state index contributed by atoms with van der Waals surface area (Å²) < 4.78 is 40.6. The van der Waals surface area contributed by atoms with Gasteiger partial charge in [-0.3, -0.25) is 0 Å². The van der Waals surface area contributed by atoms with Crippen LogP contribution in [0.1, 0.15) is 27.0 Å². The molecule has 0 aliphatic heterocycles. The first-order chi connectivity index (χ1) is 12.1. The van der Waals surface area contributed by atoms with Crippen LogP contribution < -0.4 is 0 Å². The van der Waals surface area contributed by atoms with Crippen molar-refractivity contribution in [3.05, 3.63) is 68.8 Å². The second-order valence-electron chi connectivity index (χ2n) is 5.87. The maximum atomic E-state index is 13.0. The van der Waals surface area contributed by atoms with Gasteiger partial charge >= 0.3 is 12.1 Å². The fourth-order valence-corrected chi connectivity index (χ4v) is 3.52. The summed E-state index contributed by atoms with van der Waals surface area (Å²) >= 11 is 12.3. The number of halogens is 5. The number of hydrogen-bond donors (Lipinski definition) is 1. The minimum Gasteiger partial charge on any atom is -0.478 e. The second-order valence-corrected chi connectivity index (χ2v) is 6.65. The fourth-order valence-electron chi connectivity index (χ4n) is 2.94. The Hall–Kier alpha value is -2.18. The minimum absolute atomic E-state index is 0.0106. The number of nitrogens with zero attached hydrogens (tertiary/aromatic N) is 1. The van der Waals surface area contributed by atoms with Gasteiger partial charge in [0.2, 0.25) is 0 Å². The topological polar surface area (TPSA) is 42.2 Å². The highest BCUT2D eigenvalue weighted by molar-refractivity contribution is 6.37. The van der Waals surface area contributed by atoms with Crippen molar-refractivity contribution < 1.29 is 23.1 Å². The molecule has 0 radical (unpaired) electrons. The van der Waals surface area contributed by atoms with Gasteiger partial charge < -0.3 is 9.67 Å². The Labute approximate surface area is 156 Å². The fraction of sp³-hybridized carbons (Fsp3) is 0.167. The summed E-state index contributed by atoms with van der Waals surface area (Å²) in [6, 6.07) is 6.48. The number of benzene rings is 2. The third-order valence-electron chi connectivity index (χ3n) is 4.12. The van der Waals surface area contributed by atoms with Crippen molar-refractivity contribution in [2.75, 3.05) is 0 Å². The first kappa shape index (κ1) is 18.6. The summed E-state index contributed by atoms with van der Waals surface area (Å²) in [6.07, 6.45) is -2.80. The number of rotatable bonds is 3. The molecule has 0 aliphatic carbocycles. The summed E-state index contributed by atoms with van der Waals surface area (Å²) in [4.78, 5) is 11.2. The van der Waals surface area contributed by atoms with Gasteiger partial charge in [0, 0.05) is 22.2 Å². The number of aromatic carboxylic acids is 1. The number of carboxylic acids is 1. The van der Waals surface area contributed by atoms with E-state index >= 15 is 0 Å². The number of alkyl halides is 3. The van der Waals surface area contributed by atoms with Gasteiger partial charge in [0.1, 0.15) is 0 Å². The zero-order chi connectivity index (χ0) is 19.2. The van der Waals surface area contributed by atoms with E-state index in [2.05, 4.69) is 0 Å². The van der Waals surface area contributed by atoms with Crippen molar-refractivity contribution in [1.29, 1.82) is 0 Å². The molecule has 1 heterocycles. The molecule has 1 aromatic heterocycles. The molecule has 0 spiro atoms. The molecule has 0 saturated heterocycles. The van der Waals surface area contributed by atoms with E-state index < -0.39 is 17.7 Å². The van der Waals surface area contributed by atoms with E-state index in [0.717, 1.165) is 12.1 Å². The SMILES string of the molecule is Cc1cc(C(F)(F)F)cc2ccn(Cc3c(Cl)ccc(C(=O)O)c3Cl)c12. The van der Waals surface area contributed by atoms with Crippen LogP contribution in [0.2, 0.25) is 10.0 Å². The Morgan fingerprint density at radius 3 is 2.50 bits per heavy atom. The summed E-state index contributed by atoms with van der Waals surface area (Å²) in [5.41, 5.74) is 0.639. The van der Waals surface area contributed by atoms with E-state index in [1.54, 1.807) is 23.8 Å². The Morgan fingerprint density at radius 2 is 1.88 bits per heavy atom. The van der Waals surface area contributed by atoms with Gasteiger partial charge in [0.15, 0.2) is 0 Å². The predicted molar refractivity (Wildman–Crippen MR) is 94.2 cm³/mol. The third-order valence-corrected chi connectivity index (χ3v) is 4.91. The molecule has 0 amide bonds. The van der Waals surface area contributed by atoms with Crippen molar-refractivity contribution in [1.82, 2.24) is 4.57 Å². The lowest BCUT2D eigenvalue weighted by atomic mass is 10.1. The number of aromatic nitrogens is 1. The maximum absolute atomic E-state index is 13.0. The largest absolute Gasteiger partial charge is 0.478 e. The van der Waals surface area contributed by atoms with Crippen molar-refractivity contribution in [2.24, 2.45) is 0 Å². The zero-order valence-corrected chi connectivity index (χ0v) is 14.9. The van der Waals surface area contributed by atoms with E-state index in [1.807, 2.05) is 0 Å². The Balaban J connectivity index is 2.12. The van der Waals surface area contributed by atoms with Gasteiger partial charge in [-0.25, -0.2) is 4.79 Å². The molecule has 3 nitrogen and oxygen atoms in total. The quantitative estimate of drug-likeness (QED) is 0.582. The molecule has 0 saturated carbocycles. The summed E-state index contributed by atoms with van der Waals surface area (Å²) in [5.74, 6) is -1.18. The molecule has 0 bridgehead atoms. The lowest BCUT2D eigenvalue weighted by Crippen LogP contribution is -2.07. The Kier molecular flexibility index (Phi) is 4.67. The van der Waals surface area contributed by atoms with Crippen LogP contribution in [0.3, 0.4) is 0 Å². The first-order valence-corrected chi connectivity index (χ1v) is 8.22. The molecule has 3 rings (SSSR count). The molecule has 0 atom stereocenters. The van der Waals surface area contributed by atoms with Crippen LogP contribution >= 0.6 is 23.2 Å². The molecule has 1 N–H and O–H groups in total. The van der Waals surface area contributed by atoms with Crippen LogP contribution in [0, 0.1) is 6.92 Å². The first-order valence-electron chi connectivity index (χ1n) is 7.46. The second kappa shape index (κ2) is 6.52. The molecular weight excluding hydrogens is 390 g/mol. The van der Waals surface area contributed by atoms with Crippen LogP contribution in [-0.4, -0.2) is 15.6 Å². The average molecular weight is 402 g/mol. The molecule has 26 heavy (non-hydrogen) atoms. The number of carboxylic acid groups (broad SMARTS) is 1. The van der Waals surface area contributed by atoms with Crippen LogP contribution in [0.25, 0.3) is 10.9 Å². The van der Waals surface area contributed by atoms with Crippen LogP contribution in [-0.2, 0) is 12.7 Å². The Bertz CT molecular complexity index is 1030. The van der Waals surface area contributed by atoms with Crippen molar-refractivity contribution in [2.45, 2.75) is 19.6 Å². The Morgan fingerprint density at radius 1 is 1.19 bits per heavy atom. The van der Waals surface area contributed by atoms with E-state index in [1.165, 1.54) is 12.1 Å². The molecule has 3 aromatic rings. The van der Waals surface area contributed by atoms with Crippen LogP contribution in [0.15, 0.2) is 36.5 Å². The maximum Gasteiger partial charge on any atom is 0.416 e. The van der Waals surface area contributed by atoms with Crippen molar-refractivity contribution in [3.8, 4) is 0 Å². The number of fused-ring (bicyclic) bond motifs is 1. The molecule has 0 fully saturated rings. The lowest BCUT2D eigenvalue weighted by Gasteiger charge is -2.14. The van der Waals surface area contributed by atoms with Gasteiger partial charge in [0.05, 0.1) is 28.2 Å². The minimum atomic E-state index is -4.43. The monoisotopic (exact) mass is 401 g/mol. The van der Waals surface area contributed by atoms with Gasteiger partial charge in [-0.15, -0.1) is 0 Å². The van der Waals surface area contributed by atoms with Gasteiger partial charge in [-0.2, -0.15) is 13.2 Å². The van der Waals surface area contributed by atoms with Gasteiger partial charge in [-0.1, -0.05) is 23.2 Å². The van der Waals surface area contributed by atoms with E-state index in [4.69, 9.17) is 23.2 Å². The predicted octanol–water partition coefficient (Wildman–Crippen LogP) is 6.02. The summed E-state index contributed by atoms with van der Waals surface area (Å²) in [6.45, 7) is 1.72. The van der Waals surface area contributed by atoms with Crippen molar-refractivity contribution in [3.63, 3.8) is 0 Å². The number of carbonyl (C=O) groups is 1. The molecule has 136 valence electrons. The number of aryl methyl sites for hydroxylation is 1. The van der Waals surface area contributed by atoms with Crippen LogP contribution in [0.5, 0.6) is 0 Å². The van der Waals surface area contributed by atoms with Crippen molar-refractivity contribution >= 4 is 40.1 Å².